The monoisotopic (exact) mass is 544 g/mol. The van der Waals surface area contributed by atoms with Gasteiger partial charge < -0.3 is 19.7 Å². The zero-order chi connectivity index (χ0) is 25.4. The number of hydrogen-bond acceptors (Lipinski definition) is 4. The Morgan fingerprint density at radius 1 is 1.11 bits per heavy atom. The summed E-state index contributed by atoms with van der Waals surface area (Å²) in [7, 11) is 1.62. The van der Waals surface area contributed by atoms with Crippen molar-refractivity contribution in [3.05, 3.63) is 58.1 Å². The fourth-order valence-electron chi connectivity index (χ4n) is 4.43. The molecule has 1 N–H and O–H groups in total. The summed E-state index contributed by atoms with van der Waals surface area (Å²) < 4.78 is 12.0. The minimum Gasteiger partial charge on any atom is -0.497 e. The van der Waals surface area contributed by atoms with Crippen LogP contribution in [0.2, 0.25) is 0 Å². The molecule has 1 fully saturated rings. The van der Waals surface area contributed by atoms with Gasteiger partial charge in [-0.15, -0.1) is 0 Å². The number of methoxy groups -OCH3 is 1. The van der Waals surface area contributed by atoms with Gasteiger partial charge in [-0.3, -0.25) is 9.59 Å². The van der Waals surface area contributed by atoms with Crippen LogP contribution in [0.4, 0.5) is 0 Å². The average Bonchev–Trinajstić information content (AvgIpc) is 3.36. The van der Waals surface area contributed by atoms with Crippen molar-refractivity contribution in [3.8, 4) is 11.5 Å². The van der Waals surface area contributed by atoms with Gasteiger partial charge in [0, 0.05) is 12.6 Å². The zero-order valence-corrected chi connectivity index (χ0v) is 22.8. The summed E-state index contributed by atoms with van der Waals surface area (Å²) in [6, 6.07) is 13.1. The van der Waals surface area contributed by atoms with Crippen molar-refractivity contribution in [1.82, 2.24) is 10.2 Å². The molecule has 0 radical (unpaired) electrons. The average molecular weight is 546 g/mol. The van der Waals surface area contributed by atoms with Gasteiger partial charge in [0.05, 0.1) is 11.6 Å². The second kappa shape index (κ2) is 13.0. The van der Waals surface area contributed by atoms with Crippen molar-refractivity contribution >= 4 is 27.7 Å². The van der Waals surface area contributed by atoms with Gasteiger partial charge >= 0.3 is 0 Å². The number of carbonyl (C=O) groups excluding carboxylic acids is 2. The van der Waals surface area contributed by atoms with Gasteiger partial charge in [-0.2, -0.15) is 0 Å². The van der Waals surface area contributed by atoms with Crippen LogP contribution in [0.25, 0.3) is 0 Å². The molecule has 2 aromatic carbocycles. The van der Waals surface area contributed by atoms with Crippen LogP contribution in [0.1, 0.15) is 69.9 Å². The number of nitrogens with one attached hydrogen (secondary N) is 1. The number of benzene rings is 2. The fourth-order valence-corrected chi connectivity index (χ4v) is 4.94. The lowest BCUT2D eigenvalue weighted by Gasteiger charge is -2.31. The molecule has 190 valence electrons. The highest BCUT2D eigenvalue weighted by Crippen LogP contribution is 2.29. The molecule has 2 amide bonds. The van der Waals surface area contributed by atoms with Crippen LogP contribution in [0.5, 0.6) is 11.5 Å². The summed E-state index contributed by atoms with van der Waals surface area (Å²) >= 11 is 3.56. The lowest BCUT2D eigenvalue weighted by atomic mass is 10.0. The maximum absolute atomic E-state index is 13.5. The quantitative estimate of drug-likeness (QED) is 0.386. The summed E-state index contributed by atoms with van der Waals surface area (Å²) in [6.45, 7) is 6.36. The highest BCUT2D eigenvalue weighted by molar-refractivity contribution is 9.10. The second-order valence-electron chi connectivity index (χ2n) is 9.42. The Morgan fingerprint density at radius 2 is 1.80 bits per heavy atom. The van der Waals surface area contributed by atoms with Crippen LogP contribution >= 0.6 is 15.9 Å². The topological polar surface area (TPSA) is 67.9 Å². The van der Waals surface area contributed by atoms with Gasteiger partial charge in [-0.25, -0.2) is 0 Å². The SMILES string of the molecule is CC[C@@H](C(=O)NC1CCCC1)N(Cc1ccc(OC)cc1)C(=O)COc1ccc(C(C)C)cc1Br. The molecule has 1 aliphatic rings. The van der Waals surface area contributed by atoms with E-state index in [0.717, 1.165) is 41.5 Å². The van der Waals surface area contributed by atoms with Crippen LogP contribution in [-0.4, -0.2) is 42.5 Å². The van der Waals surface area contributed by atoms with E-state index in [2.05, 4.69) is 35.1 Å². The van der Waals surface area contributed by atoms with E-state index < -0.39 is 6.04 Å². The molecule has 0 saturated heterocycles. The van der Waals surface area contributed by atoms with Crippen LogP contribution in [-0.2, 0) is 16.1 Å². The van der Waals surface area contributed by atoms with E-state index >= 15 is 0 Å². The number of carbonyl (C=O) groups is 2. The molecule has 35 heavy (non-hydrogen) atoms. The number of rotatable bonds is 11. The molecule has 1 aliphatic carbocycles. The third-order valence-electron chi connectivity index (χ3n) is 6.57. The van der Waals surface area contributed by atoms with Crippen LogP contribution in [0, 0.1) is 0 Å². The predicted molar refractivity (Wildman–Crippen MR) is 142 cm³/mol. The van der Waals surface area contributed by atoms with E-state index in [9.17, 15) is 9.59 Å². The lowest BCUT2D eigenvalue weighted by molar-refractivity contribution is -0.143. The summed E-state index contributed by atoms with van der Waals surface area (Å²) in [4.78, 5) is 28.3. The van der Waals surface area contributed by atoms with Crippen molar-refractivity contribution in [2.45, 2.75) is 77.4 Å². The molecule has 0 heterocycles. The Morgan fingerprint density at radius 3 is 2.37 bits per heavy atom. The largest absolute Gasteiger partial charge is 0.497 e. The Balaban J connectivity index is 1.77. The van der Waals surface area contributed by atoms with E-state index in [1.54, 1.807) is 12.0 Å². The minimum atomic E-state index is -0.569. The molecule has 1 saturated carbocycles. The second-order valence-corrected chi connectivity index (χ2v) is 10.3. The first kappa shape index (κ1) is 27.1. The number of nitrogens with zero attached hydrogens (tertiary/aromatic N) is 1. The lowest BCUT2D eigenvalue weighted by Crippen LogP contribution is -2.52. The van der Waals surface area contributed by atoms with Gasteiger partial charge in [0.25, 0.3) is 5.91 Å². The van der Waals surface area contributed by atoms with E-state index in [1.807, 2.05) is 49.4 Å². The number of halogens is 1. The van der Waals surface area contributed by atoms with Crippen LogP contribution in [0.15, 0.2) is 46.9 Å². The molecule has 1 atom stereocenters. The van der Waals surface area contributed by atoms with Crippen molar-refractivity contribution in [3.63, 3.8) is 0 Å². The number of hydrogen-bond donors (Lipinski definition) is 1. The van der Waals surface area contributed by atoms with Gasteiger partial charge in [-0.1, -0.05) is 51.8 Å². The molecule has 0 bridgehead atoms. The molecule has 6 nitrogen and oxygen atoms in total. The third kappa shape index (κ3) is 7.47. The molecule has 0 unspecified atom stereocenters. The van der Waals surface area contributed by atoms with Gasteiger partial charge in [0.1, 0.15) is 17.5 Å². The normalized spacial score (nSPS) is 14.6. The first-order valence-electron chi connectivity index (χ1n) is 12.5. The third-order valence-corrected chi connectivity index (χ3v) is 7.19. The molecule has 3 rings (SSSR count). The summed E-state index contributed by atoms with van der Waals surface area (Å²) in [5.41, 5.74) is 2.11. The van der Waals surface area contributed by atoms with Crippen molar-refractivity contribution < 1.29 is 19.1 Å². The van der Waals surface area contributed by atoms with Gasteiger partial charge in [-0.05, 0) is 76.5 Å². The first-order chi connectivity index (χ1) is 16.8. The first-order valence-corrected chi connectivity index (χ1v) is 13.3. The smallest absolute Gasteiger partial charge is 0.261 e. The molecule has 7 heteroatoms. The molecule has 0 aliphatic heterocycles. The van der Waals surface area contributed by atoms with E-state index in [1.165, 1.54) is 5.56 Å². The van der Waals surface area contributed by atoms with Crippen LogP contribution in [0.3, 0.4) is 0 Å². The molecular formula is C28H37BrN2O4. The Labute approximate surface area is 217 Å². The highest BCUT2D eigenvalue weighted by atomic mass is 79.9. The standard InChI is InChI=1S/C28H37BrN2O4/c1-5-25(28(33)30-22-8-6-7-9-22)31(17-20-10-13-23(34-4)14-11-20)27(32)18-35-26-15-12-21(19(2)3)16-24(26)29/h10-16,19,22,25H,5-9,17-18H2,1-4H3,(H,30,33)/t25-/m0/s1. The van der Waals surface area contributed by atoms with E-state index in [-0.39, 0.29) is 24.5 Å². The van der Waals surface area contributed by atoms with Crippen molar-refractivity contribution in [2.75, 3.05) is 13.7 Å². The maximum Gasteiger partial charge on any atom is 0.261 e. The Bertz CT molecular complexity index is 987. The van der Waals surface area contributed by atoms with Crippen molar-refractivity contribution in [1.29, 1.82) is 0 Å². The minimum absolute atomic E-state index is 0.0938. The van der Waals surface area contributed by atoms with Crippen molar-refractivity contribution in [2.24, 2.45) is 0 Å². The number of amides is 2. The molecule has 2 aromatic rings. The van der Waals surface area contributed by atoms with Crippen LogP contribution < -0.4 is 14.8 Å². The van der Waals surface area contributed by atoms with Gasteiger partial charge in [0.15, 0.2) is 6.61 Å². The molecular weight excluding hydrogens is 508 g/mol. The molecule has 0 aromatic heterocycles. The predicted octanol–water partition coefficient (Wildman–Crippen LogP) is 5.83. The number of ether oxygens (including phenoxy) is 2. The molecule has 0 spiro atoms. The Kier molecular flexibility index (Phi) is 10.0. The summed E-state index contributed by atoms with van der Waals surface area (Å²) in [6.07, 6.45) is 4.78. The maximum atomic E-state index is 13.5. The van der Waals surface area contributed by atoms with E-state index in [0.29, 0.717) is 24.6 Å². The highest BCUT2D eigenvalue weighted by Gasteiger charge is 2.31. The van der Waals surface area contributed by atoms with E-state index in [4.69, 9.17) is 9.47 Å². The Hall–Kier alpha value is -2.54. The van der Waals surface area contributed by atoms with Gasteiger partial charge in [0.2, 0.25) is 5.91 Å². The fraction of sp³-hybridized carbons (Fsp3) is 0.500. The summed E-state index contributed by atoms with van der Waals surface area (Å²) in [5.74, 6) is 1.43. The zero-order valence-electron chi connectivity index (χ0n) is 21.2. The summed E-state index contributed by atoms with van der Waals surface area (Å²) in [5, 5.41) is 3.17.